The second kappa shape index (κ2) is 5.17. The molecule has 0 saturated carbocycles. The monoisotopic (exact) mass is 242 g/mol. The van der Waals surface area contributed by atoms with Crippen LogP contribution in [0, 0.1) is 20.8 Å². The van der Waals surface area contributed by atoms with E-state index in [0.717, 1.165) is 35.0 Å². The van der Waals surface area contributed by atoms with Crippen molar-refractivity contribution in [2.24, 2.45) is 0 Å². The van der Waals surface area contributed by atoms with Crippen molar-refractivity contribution >= 4 is 0 Å². The number of nitrogens with zero attached hydrogens (tertiary/aromatic N) is 2. The van der Waals surface area contributed by atoms with Gasteiger partial charge in [-0.3, -0.25) is 9.97 Å². The van der Waals surface area contributed by atoms with Crippen LogP contribution in [0.25, 0.3) is 0 Å². The molecule has 0 saturated heterocycles. The smallest absolute Gasteiger partial charge is 0.148 e. The van der Waals surface area contributed by atoms with Gasteiger partial charge < -0.3 is 4.74 Å². The van der Waals surface area contributed by atoms with E-state index in [2.05, 4.69) is 29.9 Å². The highest BCUT2D eigenvalue weighted by Gasteiger charge is 2.07. The largest absolute Gasteiger partial charge is 0.455 e. The molecule has 0 aliphatic rings. The van der Waals surface area contributed by atoms with Crippen LogP contribution in [0.4, 0.5) is 0 Å². The lowest BCUT2D eigenvalue weighted by molar-refractivity contribution is 0.473. The van der Waals surface area contributed by atoms with Crippen LogP contribution in [0.1, 0.15) is 29.6 Å². The molecule has 94 valence electrons. The maximum Gasteiger partial charge on any atom is 0.148 e. The SMILES string of the molecule is CCc1nc(C)c(Oc2ccnc(C)c2)cc1C. The number of aromatic nitrogens is 2. The summed E-state index contributed by atoms with van der Waals surface area (Å²) in [7, 11) is 0. The molecule has 0 atom stereocenters. The number of hydrogen-bond acceptors (Lipinski definition) is 3. The fraction of sp³-hybridized carbons (Fsp3) is 0.333. The van der Waals surface area contributed by atoms with Crippen LogP contribution in [-0.4, -0.2) is 9.97 Å². The van der Waals surface area contributed by atoms with Gasteiger partial charge in [0.2, 0.25) is 0 Å². The van der Waals surface area contributed by atoms with Gasteiger partial charge in [0.1, 0.15) is 11.5 Å². The van der Waals surface area contributed by atoms with E-state index in [1.165, 1.54) is 5.56 Å². The van der Waals surface area contributed by atoms with Crippen LogP contribution in [0.15, 0.2) is 24.4 Å². The number of hydrogen-bond donors (Lipinski definition) is 0. The Balaban J connectivity index is 2.32. The summed E-state index contributed by atoms with van der Waals surface area (Å²) < 4.78 is 5.87. The van der Waals surface area contributed by atoms with E-state index in [9.17, 15) is 0 Å². The zero-order chi connectivity index (χ0) is 13.1. The zero-order valence-corrected chi connectivity index (χ0v) is 11.3. The molecular weight excluding hydrogens is 224 g/mol. The van der Waals surface area contributed by atoms with Gasteiger partial charge in [0.25, 0.3) is 0 Å². The first kappa shape index (κ1) is 12.6. The van der Waals surface area contributed by atoms with E-state index >= 15 is 0 Å². The molecule has 2 heterocycles. The van der Waals surface area contributed by atoms with Crippen molar-refractivity contribution in [3.8, 4) is 11.5 Å². The fourth-order valence-electron chi connectivity index (χ4n) is 1.90. The van der Waals surface area contributed by atoms with E-state index in [0.29, 0.717) is 0 Å². The molecule has 0 bridgehead atoms. The van der Waals surface area contributed by atoms with E-state index in [1.54, 1.807) is 6.20 Å². The Hall–Kier alpha value is -1.90. The van der Waals surface area contributed by atoms with E-state index in [-0.39, 0.29) is 0 Å². The minimum Gasteiger partial charge on any atom is -0.455 e. The average molecular weight is 242 g/mol. The maximum atomic E-state index is 5.87. The van der Waals surface area contributed by atoms with Gasteiger partial charge in [-0.15, -0.1) is 0 Å². The summed E-state index contributed by atoms with van der Waals surface area (Å²) >= 11 is 0. The second-order valence-corrected chi connectivity index (χ2v) is 4.42. The van der Waals surface area contributed by atoms with Crippen LogP contribution in [0.5, 0.6) is 11.5 Å². The zero-order valence-electron chi connectivity index (χ0n) is 11.3. The first-order valence-corrected chi connectivity index (χ1v) is 6.17. The van der Waals surface area contributed by atoms with Crippen molar-refractivity contribution in [2.45, 2.75) is 34.1 Å². The lowest BCUT2D eigenvalue weighted by atomic mass is 10.1. The van der Waals surface area contributed by atoms with Crippen molar-refractivity contribution in [3.05, 3.63) is 47.0 Å². The highest BCUT2D eigenvalue weighted by Crippen LogP contribution is 2.26. The van der Waals surface area contributed by atoms with Crippen molar-refractivity contribution < 1.29 is 4.74 Å². The molecule has 0 aliphatic heterocycles. The minimum atomic E-state index is 0.802. The summed E-state index contributed by atoms with van der Waals surface area (Å²) in [5.74, 6) is 1.62. The standard InChI is InChI=1S/C15H18N2O/c1-5-14-10(2)8-15(12(4)17-14)18-13-6-7-16-11(3)9-13/h6-9H,5H2,1-4H3. The molecule has 18 heavy (non-hydrogen) atoms. The van der Waals surface area contributed by atoms with Gasteiger partial charge in [0.15, 0.2) is 0 Å². The molecule has 0 fully saturated rings. The molecule has 0 aromatic carbocycles. The molecule has 3 nitrogen and oxygen atoms in total. The summed E-state index contributed by atoms with van der Waals surface area (Å²) in [5.41, 5.74) is 4.17. The number of rotatable bonds is 3. The normalized spacial score (nSPS) is 10.4. The van der Waals surface area contributed by atoms with Gasteiger partial charge in [0, 0.05) is 23.7 Å². The highest BCUT2D eigenvalue weighted by molar-refractivity contribution is 5.38. The van der Waals surface area contributed by atoms with Crippen molar-refractivity contribution in [3.63, 3.8) is 0 Å². The van der Waals surface area contributed by atoms with Crippen molar-refractivity contribution in [1.29, 1.82) is 0 Å². The fourth-order valence-corrected chi connectivity index (χ4v) is 1.90. The Kier molecular flexibility index (Phi) is 3.60. The van der Waals surface area contributed by atoms with Gasteiger partial charge in [-0.05, 0) is 44.9 Å². The van der Waals surface area contributed by atoms with Crippen LogP contribution in [-0.2, 0) is 6.42 Å². The molecule has 0 radical (unpaired) electrons. The van der Waals surface area contributed by atoms with Crippen LogP contribution in [0.3, 0.4) is 0 Å². The Bertz CT molecular complexity index is 564. The molecule has 0 amide bonds. The lowest BCUT2D eigenvalue weighted by Gasteiger charge is -2.11. The molecule has 3 heteroatoms. The minimum absolute atomic E-state index is 0.802. The third-order valence-electron chi connectivity index (χ3n) is 2.89. The molecule has 0 aliphatic carbocycles. The predicted molar refractivity (Wildman–Crippen MR) is 72.1 cm³/mol. The Labute approximate surface area is 108 Å². The summed E-state index contributed by atoms with van der Waals surface area (Å²) in [6, 6.07) is 5.83. The second-order valence-electron chi connectivity index (χ2n) is 4.42. The number of aryl methyl sites for hydroxylation is 4. The van der Waals surface area contributed by atoms with Crippen LogP contribution >= 0.6 is 0 Å². The molecule has 2 aromatic heterocycles. The first-order valence-electron chi connectivity index (χ1n) is 6.17. The molecular formula is C15H18N2O. The molecule has 0 unspecified atom stereocenters. The molecule has 0 N–H and O–H groups in total. The Morgan fingerprint density at radius 3 is 2.61 bits per heavy atom. The van der Waals surface area contributed by atoms with Crippen LogP contribution < -0.4 is 4.74 Å². The van der Waals surface area contributed by atoms with Crippen LogP contribution in [0.2, 0.25) is 0 Å². The van der Waals surface area contributed by atoms with E-state index in [4.69, 9.17) is 4.74 Å². The highest BCUT2D eigenvalue weighted by atomic mass is 16.5. The maximum absolute atomic E-state index is 5.87. The lowest BCUT2D eigenvalue weighted by Crippen LogP contribution is -1.98. The molecule has 2 aromatic rings. The van der Waals surface area contributed by atoms with Gasteiger partial charge in [-0.2, -0.15) is 0 Å². The van der Waals surface area contributed by atoms with Crippen molar-refractivity contribution in [1.82, 2.24) is 9.97 Å². The Morgan fingerprint density at radius 2 is 1.94 bits per heavy atom. The van der Waals surface area contributed by atoms with Gasteiger partial charge >= 0.3 is 0 Å². The summed E-state index contributed by atoms with van der Waals surface area (Å²) in [6.45, 7) is 8.10. The Morgan fingerprint density at radius 1 is 1.17 bits per heavy atom. The third-order valence-corrected chi connectivity index (χ3v) is 2.89. The summed E-state index contributed by atoms with van der Waals surface area (Å²) in [5, 5.41) is 0. The van der Waals surface area contributed by atoms with Gasteiger partial charge in [-0.1, -0.05) is 6.92 Å². The quantitative estimate of drug-likeness (QED) is 0.822. The average Bonchev–Trinajstić information content (AvgIpc) is 2.33. The van der Waals surface area contributed by atoms with Crippen molar-refractivity contribution in [2.75, 3.05) is 0 Å². The molecule has 0 spiro atoms. The predicted octanol–water partition coefficient (Wildman–Crippen LogP) is 3.76. The third kappa shape index (κ3) is 2.67. The number of ether oxygens (including phenoxy) is 1. The van der Waals surface area contributed by atoms with E-state index < -0.39 is 0 Å². The van der Waals surface area contributed by atoms with Gasteiger partial charge in [-0.25, -0.2) is 0 Å². The first-order chi connectivity index (χ1) is 8.60. The summed E-state index contributed by atoms with van der Waals surface area (Å²) in [4.78, 5) is 8.72. The van der Waals surface area contributed by atoms with Gasteiger partial charge in [0.05, 0.1) is 5.69 Å². The topological polar surface area (TPSA) is 35.0 Å². The van der Waals surface area contributed by atoms with E-state index in [1.807, 2.05) is 26.0 Å². The molecule has 2 rings (SSSR count). The summed E-state index contributed by atoms with van der Waals surface area (Å²) in [6.07, 6.45) is 2.70. The number of pyridine rings is 2.